The van der Waals surface area contributed by atoms with Gasteiger partial charge >= 0.3 is 0 Å². The second-order valence-electron chi connectivity index (χ2n) is 7.15. The number of anilines is 1. The number of benzene rings is 2. The molecule has 174 valence electrons. The maximum absolute atomic E-state index is 12.7. The Morgan fingerprint density at radius 1 is 1.15 bits per heavy atom. The van der Waals surface area contributed by atoms with Crippen LogP contribution in [0, 0.1) is 0 Å². The van der Waals surface area contributed by atoms with Gasteiger partial charge in [-0.05, 0) is 29.7 Å². The summed E-state index contributed by atoms with van der Waals surface area (Å²) in [6, 6.07) is 17.3. The summed E-state index contributed by atoms with van der Waals surface area (Å²) in [4.78, 5) is 27.2. The molecule has 2 aromatic carbocycles. The summed E-state index contributed by atoms with van der Waals surface area (Å²) in [5, 5.41) is 12.1. The van der Waals surface area contributed by atoms with E-state index in [1.165, 1.54) is 34.9 Å². The first-order valence-electron chi connectivity index (χ1n) is 10.3. The third kappa shape index (κ3) is 6.67. The Hall–Kier alpha value is -2.24. The van der Waals surface area contributed by atoms with Crippen LogP contribution in [0.3, 0.4) is 0 Å². The molecule has 0 bridgehead atoms. The molecule has 11 heteroatoms. The van der Waals surface area contributed by atoms with E-state index < -0.39 is 0 Å². The van der Waals surface area contributed by atoms with Crippen LogP contribution in [-0.4, -0.2) is 37.8 Å². The number of rotatable bonds is 9. The third-order valence-electron chi connectivity index (χ3n) is 4.72. The number of halogens is 1. The lowest BCUT2D eigenvalue weighted by molar-refractivity contribution is -0.122. The number of nitrogens with one attached hydrogen (secondary N) is 1. The molecule has 1 N–H and O–H groups in total. The topological polar surface area (TPSA) is 75.2 Å². The van der Waals surface area contributed by atoms with Gasteiger partial charge in [-0.25, -0.2) is 0 Å². The maximum Gasteiger partial charge on any atom is 0.266 e. The zero-order valence-electron chi connectivity index (χ0n) is 17.8. The average Bonchev–Trinajstić information content (AvgIpc) is 3.38. The van der Waals surface area contributed by atoms with E-state index in [4.69, 9.17) is 23.8 Å². The molecule has 1 aliphatic rings. The third-order valence-corrected chi connectivity index (χ3v) is 8.49. The Bertz CT molecular complexity index is 1230. The van der Waals surface area contributed by atoms with Gasteiger partial charge in [0, 0.05) is 23.7 Å². The Morgan fingerprint density at radius 2 is 1.91 bits per heavy atom. The van der Waals surface area contributed by atoms with Crippen molar-refractivity contribution in [2.45, 2.75) is 22.9 Å². The van der Waals surface area contributed by atoms with Gasteiger partial charge in [-0.3, -0.25) is 14.5 Å². The first-order chi connectivity index (χ1) is 16.5. The van der Waals surface area contributed by atoms with Crippen LogP contribution in [-0.2, 0) is 15.3 Å². The molecule has 3 aromatic rings. The monoisotopic (exact) mass is 546 g/mol. The minimum Gasteiger partial charge on any atom is -0.301 e. The van der Waals surface area contributed by atoms with Crippen molar-refractivity contribution in [1.82, 2.24) is 15.1 Å². The van der Waals surface area contributed by atoms with Crippen LogP contribution in [0.2, 0.25) is 5.02 Å². The molecule has 4 rings (SSSR count). The number of thiocarbonyl (C=S) groups is 1. The van der Waals surface area contributed by atoms with E-state index in [0.29, 0.717) is 38.1 Å². The molecule has 2 amide bonds. The molecule has 6 nitrogen and oxygen atoms in total. The van der Waals surface area contributed by atoms with Gasteiger partial charge in [0.15, 0.2) is 4.34 Å². The van der Waals surface area contributed by atoms with E-state index in [-0.39, 0.29) is 18.2 Å². The van der Waals surface area contributed by atoms with E-state index in [2.05, 4.69) is 15.5 Å². The Balaban J connectivity index is 1.22. The van der Waals surface area contributed by atoms with Crippen molar-refractivity contribution in [2.24, 2.45) is 0 Å². The predicted molar refractivity (Wildman–Crippen MR) is 145 cm³/mol. The van der Waals surface area contributed by atoms with Crippen LogP contribution in [0.25, 0.3) is 6.08 Å². The molecular formula is C23H19ClN4O2S4. The van der Waals surface area contributed by atoms with Gasteiger partial charge < -0.3 is 5.32 Å². The van der Waals surface area contributed by atoms with Gasteiger partial charge in [0.05, 0.1) is 4.91 Å². The summed E-state index contributed by atoms with van der Waals surface area (Å²) in [6.45, 7) is 0.388. The van der Waals surface area contributed by atoms with Crippen LogP contribution in [0.5, 0.6) is 0 Å². The molecule has 1 aromatic heterocycles. The number of aromatic nitrogens is 2. The fourth-order valence-corrected chi connectivity index (χ4v) is 6.41. The smallest absolute Gasteiger partial charge is 0.266 e. The Labute approximate surface area is 220 Å². The first-order valence-corrected chi connectivity index (χ1v) is 13.7. The number of hydrogen-bond acceptors (Lipinski definition) is 8. The molecular weight excluding hydrogens is 528 g/mol. The fraction of sp³-hybridized carbons (Fsp3) is 0.174. The van der Waals surface area contributed by atoms with Gasteiger partial charge in [-0.2, -0.15) is 0 Å². The Kier molecular flexibility index (Phi) is 8.74. The highest BCUT2D eigenvalue weighted by Crippen LogP contribution is 2.33. The van der Waals surface area contributed by atoms with Crippen LogP contribution in [0.4, 0.5) is 5.13 Å². The van der Waals surface area contributed by atoms with Crippen LogP contribution in [0.15, 0.2) is 63.8 Å². The fourth-order valence-electron chi connectivity index (χ4n) is 3.05. The second-order valence-corrected chi connectivity index (χ2v) is 11.4. The second kappa shape index (κ2) is 11.9. The van der Waals surface area contributed by atoms with Crippen LogP contribution >= 0.6 is 58.7 Å². The zero-order chi connectivity index (χ0) is 23.9. The molecule has 0 spiro atoms. The standard InChI is InChI=1S/C23H19ClN4O2S4/c24-17-10-5-4-9-16(17)14-32-22-27-26-21(34-22)25-19(29)11-6-12-28-20(30)18(33-23(28)31)13-15-7-2-1-3-8-15/h1-5,7-10,13H,6,11-12,14H2,(H,25,26,29)/b18-13-. The van der Waals surface area contributed by atoms with Crippen molar-refractivity contribution in [3.8, 4) is 0 Å². The van der Waals surface area contributed by atoms with Gasteiger partial charge in [-0.1, -0.05) is 107 Å². The van der Waals surface area contributed by atoms with Crippen molar-refractivity contribution in [3.05, 3.63) is 75.7 Å². The summed E-state index contributed by atoms with van der Waals surface area (Å²) in [7, 11) is 0. The number of amides is 2. The normalized spacial score (nSPS) is 14.7. The number of nitrogens with zero attached hydrogens (tertiary/aromatic N) is 3. The van der Waals surface area contributed by atoms with Crippen molar-refractivity contribution >= 4 is 86.0 Å². The minimum absolute atomic E-state index is 0.122. The lowest BCUT2D eigenvalue weighted by Crippen LogP contribution is -2.29. The number of carbonyl (C=O) groups is 2. The van der Waals surface area contributed by atoms with E-state index in [0.717, 1.165) is 15.5 Å². The highest BCUT2D eigenvalue weighted by atomic mass is 35.5. The maximum atomic E-state index is 12.7. The number of carbonyl (C=O) groups excluding carboxylic acids is 2. The number of hydrogen-bond donors (Lipinski definition) is 1. The van der Waals surface area contributed by atoms with Crippen molar-refractivity contribution < 1.29 is 9.59 Å². The molecule has 1 fully saturated rings. The zero-order valence-corrected chi connectivity index (χ0v) is 21.8. The van der Waals surface area contributed by atoms with Gasteiger partial charge in [0.1, 0.15) is 4.32 Å². The average molecular weight is 547 g/mol. The molecule has 1 saturated heterocycles. The summed E-state index contributed by atoms with van der Waals surface area (Å²) in [5.74, 6) is 0.373. The molecule has 1 aliphatic heterocycles. The van der Waals surface area contributed by atoms with Gasteiger partial charge in [-0.15, -0.1) is 10.2 Å². The van der Waals surface area contributed by atoms with Gasteiger partial charge in [0.25, 0.3) is 5.91 Å². The van der Waals surface area contributed by atoms with E-state index in [1.807, 2.05) is 60.7 Å². The highest BCUT2D eigenvalue weighted by Gasteiger charge is 2.31. The summed E-state index contributed by atoms with van der Waals surface area (Å²) >= 11 is 15.7. The van der Waals surface area contributed by atoms with Gasteiger partial charge in [0.2, 0.25) is 11.0 Å². The molecule has 0 unspecified atom stereocenters. The summed E-state index contributed by atoms with van der Waals surface area (Å²) < 4.78 is 1.26. The quantitative estimate of drug-likeness (QED) is 0.150. The van der Waals surface area contributed by atoms with Crippen molar-refractivity contribution in [2.75, 3.05) is 11.9 Å². The minimum atomic E-state index is -0.177. The predicted octanol–water partition coefficient (Wildman–Crippen LogP) is 6.10. The number of thioether (sulfide) groups is 2. The highest BCUT2D eigenvalue weighted by molar-refractivity contribution is 8.26. The van der Waals surface area contributed by atoms with Crippen molar-refractivity contribution in [3.63, 3.8) is 0 Å². The molecule has 0 radical (unpaired) electrons. The molecule has 0 atom stereocenters. The summed E-state index contributed by atoms with van der Waals surface area (Å²) in [5.41, 5.74) is 1.97. The van der Waals surface area contributed by atoms with E-state index in [1.54, 1.807) is 4.90 Å². The molecule has 2 heterocycles. The Morgan fingerprint density at radius 3 is 2.71 bits per heavy atom. The molecule has 0 saturated carbocycles. The van der Waals surface area contributed by atoms with Crippen LogP contribution in [0.1, 0.15) is 24.0 Å². The van der Waals surface area contributed by atoms with E-state index in [9.17, 15) is 9.59 Å². The first kappa shape index (κ1) is 24.9. The SMILES string of the molecule is O=C(CCCN1C(=O)/C(=C/c2ccccc2)SC1=S)Nc1nnc(SCc2ccccc2Cl)s1. The largest absolute Gasteiger partial charge is 0.301 e. The van der Waals surface area contributed by atoms with E-state index >= 15 is 0 Å². The lowest BCUT2D eigenvalue weighted by Gasteiger charge is -2.13. The summed E-state index contributed by atoms with van der Waals surface area (Å²) in [6.07, 6.45) is 2.57. The molecule has 0 aliphatic carbocycles. The van der Waals surface area contributed by atoms with Crippen molar-refractivity contribution in [1.29, 1.82) is 0 Å². The lowest BCUT2D eigenvalue weighted by atomic mass is 10.2. The van der Waals surface area contributed by atoms with Crippen LogP contribution < -0.4 is 5.32 Å². The molecule has 34 heavy (non-hydrogen) atoms.